The first-order valence-corrected chi connectivity index (χ1v) is 9.19. The molecule has 4 nitrogen and oxygen atoms in total. The Bertz CT molecular complexity index is 947. The molecule has 0 fully saturated rings. The Morgan fingerprint density at radius 2 is 1.93 bits per heavy atom. The Morgan fingerprint density at radius 1 is 1.19 bits per heavy atom. The van der Waals surface area contributed by atoms with E-state index in [9.17, 15) is 8.78 Å². The van der Waals surface area contributed by atoms with Crippen LogP contribution in [0.25, 0.3) is 10.4 Å². The van der Waals surface area contributed by atoms with Gasteiger partial charge < -0.3 is 11.1 Å². The van der Waals surface area contributed by atoms with Crippen LogP contribution in [0.2, 0.25) is 0 Å². The van der Waals surface area contributed by atoms with E-state index in [1.807, 2.05) is 18.2 Å². The minimum atomic E-state index is -0.533. The molecule has 1 aromatic heterocycles. The van der Waals surface area contributed by atoms with Gasteiger partial charge >= 0.3 is 0 Å². The number of nitrogens with zero attached hydrogens (tertiary/aromatic N) is 2. The topological polar surface area (TPSA) is 74.7 Å². The zero-order valence-corrected chi connectivity index (χ0v) is 15.3. The van der Waals surface area contributed by atoms with Gasteiger partial charge in [-0.15, -0.1) is 0 Å². The third-order valence-electron chi connectivity index (χ3n) is 4.07. The van der Waals surface area contributed by atoms with Crippen molar-refractivity contribution in [2.24, 2.45) is 5.73 Å². The van der Waals surface area contributed by atoms with Crippen LogP contribution in [0.4, 0.5) is 13.9 Å². The summed E-state index contributed by atoms with van der Waals surface area (Å²) >= 11 is 1.41. The van der Waals surface area contributed by atoms with Gasteiger partial charge in [0.15, 0.2) is 5.13 Å². The summed E-state index contributed by atoms with van der Waals surface area (Å²) in [6, 6.07) is 13.4. The number of rotatable bonds is 7. The lowest BCUT2D eigenvalue weighted by atomic mass is 10.1. The normalized spacial score (nSPS) is 11.8. The highest BCUT2D eigenvalue weighted by Crippen LogP contribution is 2.30. The third-order valence-corrected chi connectivity index (χ3v) is 5.07. The first-order chi connectivity index (χ1) is 13.1. The number of aromatic nitrogens is 1. The maximum atomic E-state index is 13.4. The van der Waals surface area contributed by atoms with Crippen LogP contribution in [0.1, 0.15) is 16.7 Å². The summed E-state index contributed by atoms with van der Waals surface area (Å²) in [4.78, 5) is 5.14. The molecule has 3 rings (SSSR count). The van der Waals surface area contributed by atoms with E-state index < -0.39 is 12.5 Å². The molecule has 138 valence electrons. The van der Waals surface area contributed by atoms with Crippen molar-refractivity contribution < 1.29 is 8.78 Å². The molecule has 1 heterocycles. The second kappa shape index (κ2) is 8.71. The van der Waals surface area contributed by atoms with Gasteiger partial charge in [-0.05, 0) is 35.2 Å². The zero-order valence-electron chi connectivity index (χ0n) is 14.5. The van der Waals surface area contributed by atoms with Crippen molar-refractivity contribution in [3.63, 3.8) is 0 Å². The fourth-order valence-electron chi connectivity index (χ4n) is 2.61. The lowest BCUT2D eigenvalue weighted by Crippen LogP contribution is -2.31. The van der Waals surface area contributed by atoms with Crippen LogP contribution in [-0.4, -0.2) is 17.6 Å². The number of benzene rings is 2. The molecule has 3 N–H and O–H groups in total. The first-order valence-electron chi connectivity index (χ1n) is 8.38. The van der Waals surface area contributed by atoms with E-state index >= 15 is 0 Å². The van der Waals surface area contributed by atoms with E-state index in [4.69, 9.17) is 11.0 Å². The molecule has 7 heteroatoms. The summed E-state index contributed by atoms with van der Waals surface area (Å²) in [5.41, 5.74) is 8.62. The molecule has 0 saturated heterocycles. The average molecular weight is 384 g/mol. The van der Waals surface area contributed by atoms with Gasteiger partial charge in [-0.1, -0.05) is 41.7 Å². The fourth-order valence-corrected chi connectivity index (χ4v) is 3.43. The monoisotopic (exact) mass is 384 g/mol. The molecule has 0 aliphatic carbocycles. The number of hydrogen-bond acceptors (Lipinski definition) is 5. The number of nitriles is 1. The number of thiazole rings is 1. The molecule has 0 aliphatic heterocycles. The van der Waals surface area contributed by atoms with Crippen molar-refractivity contribution in [2.45, 2.75) is 19.1 Å². The number of alkyl halides is 1. The largest absolute Gasteiger partial charge is 0.360 e. The highest BCUT2D eigenvalue weighted by Gasteiger charge is 2.10. The molecule has 3 aromatic rings. The third kappa shape index (κ3) is 4.88. The van der Waals surface area contributed by atoms with Crippen molar-refractivity contribution in [3.8, 4) is 16.5 Å². The molecule has 0 spiro atoms. The van der Waals surface area contributed by atoms with Gasteiger partial charge in [-0.25, -0.2) is 13.8 Å². The van der Waals surface area contributed by atoms with Gasteiger partial charge in [0, 0.05) is 18.8 Å². The van der Waals surface area contributed by atoms with E-state index in [2.05, 4.69) is 10.3 Å². The van der Waals surface area contributed by atoms with Crippen LogP contribution in [0.5, 0.6) is 0 Å². The average Bonchev–Trinajstić information content (AvgIpc) is 3.16. The summed E-state index contributed by atoms with van der Waals surface area (Å²) in [6.45, 7) is 0.0644. The molecule has 0 aliphatic rings. The molecular weight excluding hydrogens is 366 g/mol. The number of nitrogens with two attached hydrogens (primary N) is 1. The minimum absolute atomic E-state index is 0.0104. The predicted molar refractivity (Wildman–Crippen MR) is 104 cm³/mol. The van der Waals surface area contributed by atoms with Crippen molar-refractivity contribution in [1.82, 2.24) is 4.98 Å². The van der Waals surface area contributed by atoms with Gasteiger partial charge in [0.2, 0.25) is 0 Å². The van der Waals surface area contributed by atoms with Crippen molar-refractivity contribution in [1.29, 1.82) is 5.26 Å². The number of hydrogen-bond donors (Lipinski definition) is 2. The van der Waals surface area contributed by atoms with E-state index in [1.165, 1.54) is 23.5 Å². The maximum Gasteiger partial charge on any atom is 0.183 e. The Labute approximate surface area is 160 Å². The molecule has 0 amide bonds. The molecule has 0 bridgehead atoms. The smallest absolute Gasteiger partial charge is 0.183 e. The first kappa shape index (κ1) is 19.0. The Kier molecular flexibility index (Phi) is 6.12. The van der Waals surface area contributed by atoms with Gasteiger partial charge in [-0.3, -0.25) is 0 Å². The predicted octanol–water partition coefficient (Wildman–Crippen LogP) is 4.27. The van der Waals surface area contributed by atoms with E-state index in [-0.39, 0.29) is 11.6 Å². The minimum Gasteiger partial charge on any atom is -0.360 e. The Balaban J connectivity index is 1.58. The van der Waals surface area contributed by atoms with Gasteiger partial charge in [-0.2, -0.15) is 5.26 Å². The number of anilines is 1. The van der Waals surface area contributed by atoms with Gasteiger partial charge in [0.25, 0.3) is 0 Å². The fraction of sp³-hybridized carbons (Fsp3) is 0.200. The lowest BCUT2D eigenvalue weighted by Gasteiger charge is -2.12. The van der Waals surface area contributed by atoms with Crippen LogP contribution >= 0.6 is 11.3 Å². The molecule has 27 heavy (non-hydrogen) atoms. The van der Waals surface area contributed by atoms with Crippen LogP contribution in [0.15, 0.2) is 48.7 Å². The SMILES string of the molecule is N#Cc1cc(-c2cnc(NC[C@@H](N)Cc3ccc(CF)cc3)s2)ccc1F. The Hall–Kier alpha value is -2.82. The van der Waals surface area contributed by atoms with Crippen LogP contribution in [-0.2, 0) is 13.1 Å². The second-order valence-corrected chi connectivity index (χ2v) is 7.16. The second-order valence-electron chi connectivity index (χ2n) is 6.13. The Morgan fingerprint density at radius 3 is 2.63 bits per heavy atom. The summed E-state index contributed by atoms with van der Waals surface area (Å²) < 4.78 is 26.0. The molecule has 0 saturated carbocycles. The number of halogens is 2. The quantitative estimate of drug-likeness (QED) is 0.638. The van der Waals surface area contributed by atoms with Crippen LogP contribution in [0, 0.1) is 17.1 Å². The highest BCUT2D eigenvalue weighted by molar-refractivity contribution is 7.18. The van der Waals surface area contributed by atoms with E-state index in [0.717, 1.165) is 16.0 Å². The number of nitrogens with one attached hydrogen (secondary N) is 1. The van der Waals surface area contributed by atoms with Crippen molar-refractivity contribution >= 4 is 16.5 Å². The molecular formula is C20H18F2N4S. The molecule has 2 aromatic carbocycles. The van der Waals surface area contributed by atoms with E-state index in [1.54, 1.807) is 24.4 Å². The standard InChI is InChI=1S/C20H18F2N4S/c21-9-14-3-1-13(2-4-14)7-17(24)11-25-20-26-12-19(27-20)15-5-6-18(22)16(8-15)10-23/h1-6,8,12,17H,7,9,11,24H2,(H,25,26)/t17-/m0/s1. The molecule has 0 radical (unpaired) electrons. The molecule has 0 unspecified atom stereocenters. The molecule has 1 atom stereocenters. The lowest BCUT2D eigenvalue weighted by molar-refractivity contribution is 0.485. The summed E-state index contributed by atoms with van der Waals surface area (Å²) in [6.07, 6.45) is 2.35. The van der Waals surface area contributed by atoms with Crippen molar-refractivity contribution in [2.75, 3.05) is 11.9 Å². The van der Waals surface area contributed by atoms with Gasteiger partial charge in [0.1, 0.15) is 18.6 Å². The van der Waals surface area contributed by atoms with Crippen LogP contribution < -0.4 is 11.1 Å². The maximum absolute atomic E-state index is 13.4. The summed E-state index contributed by atoms with van der Waals surface area (Å²) in [5.74, 6) is -0.533. The van der Waals surface area contributed by atoms with Crippen LogP contribution in [0.3, 0.4) is 0 Å². The van der Waals surface area contributed by atoms with E-state index in [0.29, 0.717) is 23.7 Å². The summed E-state index contributed by atoms with van der Waals surface area (Å²) in [7, 11) is 0. The van der Waals surface area contributed by atoms with Crippen molar-refractivity contribution in [3.05, 3.63) is 71.2 Å². The highest BCUT2D eigenvalue weighted by atomic mass is 32.1. The van der Waals surface area contributed by atoms with Gasteiger partial charge in [0.05, 0.1) is 10.4 Å². The zero-order chi connectivity index (χ0) is 19.2. The summed E-state index contributed by atoms with van der Waals surface area (Å²) in [5, 5.41) is 12.8.